The summed E-state index contributed by atoms with van der Waals surface area (Å²) in [6.45, 7) is 6.28. The van der Waals surface area contributed by atoms with Crippen LogP contribution in [0.1, 0.15) is 39.3 Å². The number of carbonyl (C=O) groups is 1. The van der Waals surface area contributed by atoms with Crippen LogP contribution >= 0.6 is 11.3 Å². The summed E-state index contributed by atoms with van der Waals surface area (Å²) < 4.78 is 5.18. The third-order valence-corrected chi connectivity index (χ3v) is 3.07. The van der Waals surface area contributed by atoms with Crippen molar-refractivity contribution in [2.45, 2.75) is 39.0 Å². The molecule has 15 heavy (non-hydrogen) atoms. The van der Waals surface area contributed by atoms with Crippen molar-refractivity contribution in [2.24, 2.45) is 5.92 Å². The Kier molecular flexibility index (Phi) is 2.54. The van der Waals surface area contributed by atoms with E-state index in [0.29, 0.717) is 5.19 Å². The van der Waals surface area contributed by atoms with E-state index in [1.807, 2.05) is 5.38 Å². The second-order valence-electron chi connectivity index (χ2n) is 4.94. The molecule has 0 unspecified atom stereocenters. The van der Waals surface area contributed by atoms with Gasteiger partial charge in [0.2, 0.25) is 0 Å². The molecular weight excluding hydrogens is 210 g/mol. The first kappa shape index (κ1) is 10.6. The summed E-state index contributed by atoms with van der Waals surface area (Å²) in [4.78, 5) is 15.7. The standard InChI is InChI=1S/C11H15NO2S/c1-11(2,3)8-6-15-10(12-8)14-9(13)7-4-5-7/h6-7H,4-5H2,1-3H3. The molecule has 1 heterocycles. The molecule has 0 radical (unpaired) electrons. The molecule has 0 N–H and O–H groups in total. The predicted molar refractivity (Wildman–Crippen MR) is 59.2 cm³/mol. The predicted octanol–water partition coefficient (Wildman–Crippen LogP) is 2.76. The van der Waals surface area contributed by atoms with Crippen LogP contribution in [0.15, 0.2) is 5.38 Å². The van der Waals surface area contributed by atoms with Gasteiger partial charge in [0.05, 0.1) is 11.6 Å². The Bertz CT molecular complexity index is 374. The Morgan fingerprint density at radius 1 is 1.53 bits per heavy atom. The van der Waals surface area contributed by atoms with Crippen LogP contribution in [0.4, 0.5) is 0 Å². The number of esters is 1. The normalized spacial score (nSPS) is 16.5. The van der Waals surface area contributed by atoms with Crippen molar-refractivity contribution in [1.29, 1.82) is 0 Å². The fourth-order valence-electron chi connectivity index (χ4n) is 1.14. The topological polar surface area (TPSA) is 39.2 Å². The molecule has 0 aliphatic heterocycles. The molecule has 0 bridgehead atoms. The molecule has 1 aliphatic carbocycles. The molecule has 0 aromatic carbocycles. The van der Waals surface area contributed by atoms with Crippen LogP contribution in [0.3, 0.4) is 0 Å². The molecule has 0 spiro atoms. The van der Waals surface area contributed by atoms with Gasteiger partial charge in [0.25, 0.3) is 5.19 Å². The Hall–Kier alpha value is -0.900. The summed E-state index contributed by atoms with van der Waals surface area (Å²) in [5, 5.41) is 2.44. The summed E-state index contributed by atoms with van der Waals surface area (Å²) in [6.07, 6.45) is 1.94. The van der Waals surface area contributed by atoms with Gasteiger partial charge in [0.15, 0.2) is 0 Å². The summed E-state index contributed by atoms with van der Waals surface area (Å²) >= 11 is 1.40. The molecule has 1 saturated carbocycles. The van der Waals surface area contributed by atoms with Crippen LogP contribution in [-0.4, -0.2) is 11.0 Å². The summed E-state index contributed by atoms with van der Waals surface area (Å²) in [7, 11) is 0. The van der Waals surface area contributed by atoms with Crippen LogP contribution in [-0.2, 0) is 10.2 Å². The third kappa shape index (κ3) is 2.56. The van der Waals surface area contributed by atoms with Gasteiger partial charge < -0.3 is 4.74 Å². The van der Waals surface area contributed by atoms with E-state index in [-0.39, 0.29) is 17.3 Å². The maximum atomic E-state index is 11.4. The van der Waals surface area contributed by atoms with Gasteiger partial charge in [0, 0.05) is 10.8 Å². The smallest absolute Gasteiger partial charge is 0.316 e. The lowest BCUT2D eigenvalue weighted by atomic mass is 9.93. The average molecular weight is 225 g/mol. The van der Waals surface area contributed by atoms with Crippen LogP contribution < -0.4 is 4.74 Å². The number of aromatic nitrogens is 1. The number of carbonyl (C=O) groups excluding carboxylic acids is 1. The van der Waals surface area contributed by atoms with Crippen molar-refractivity contribution < 1.29 is 9.53 Å². The Morgan fingerprint density at radius 3 is 2.67 bits per heavy atom. The molecule has 1 aromatic heterocycles. The molecule has 3 nitrogen and oxygen atoms in total. The fraction of sp³-hybridized carbons (Fsp3) is 0.636. The molecule has 4 heteroatoms. The van der Waals surface area contributed by atoms with Crippen molar-refractivity contribution in [1.82, 2.24) is 4.98 Å². The molecule has 0 amide bonds. The Labute approximate surface area is 93.5 Å². The number of rotatable bonds is 2. The van der Waals surface area contributed by atoms with Crippen molar-refractivity contribution in [3.05, 3.63) is 11.1 Å². The highest BCUT2D eigenvalue weighted by Gasteiger charge is 2.32. The minimum absolute atomic E-state index is 0.0146. The van der Waals surface area contributed by atoms with E-state index in [1.165, 1.54) is 11.3 Å². The fourth-order valence-corrected chi connectivity index (χ4v) is 2.04. The molecule has 82 valence electrons. The summed E-state index contributed by atoms with van der Waals surface area (Å²) in [5.41, 5.74) is 0.992. The van der Waals surface area contributed by atoms with Crippen LogP contribution in [0.5, 0.6) is 5.19 Å². The van der Waals surface area contributed by atoms with E-state index in [0.717, 1.165) is 18.5 Å². The highest BCUT2D eigenvalue weighted by Crippen LogP contribution is 2.32. The SMILES string of the molecule is CC(C)(C)c1csc(OC(=O)C2CC2)n1. The number of nitrogens with zero attached hydrogens (tertiary/aromatic N) is 1. The molecule has 1 aliphatic rings. The first-order chi connectivity index (χ1) is 6.97. The zero-order valence-corrected chi connectivity index (χ0v) is 10.1. The largest absolute Gasteiger partial charge is 0.398 e. The first-order valence-electron chi connectivity index (χ1n) is 5.14. The van der Waals surface area contributed by atoms with E-state index >= 15 is 0 Å². The van der Waals surface area contributed by atoms with Gasteiger partial charge in [-0.2, -0.15) is 0 Å². The maximum Gasteiger partial charge on any atom is 0.316 e. The van der Waals surface area contributed by atoms with Gasteiger partial charge in [-0.3, -0.25) is 4.79 Å². The quantitative estimate of drug-likeness (QED) is 0.726. The van der Waals surface area contributed by atoms with Crippen LogP contribution in [0.2, 0.25) is 0 Å². The molecule has 1 aromatic rings. The molecule has 0 saturated heterocycles. The first-order valence-corrected chi connectivity index (χ1v) is 6.02. The van der Waals surface area contributed by atoms with E-state index in [2.05, 4.69) is 25.8 Å². The monoisotopic (exact) mass is 225 g/mol. The van der Waals surface area contributed by atoms with Crippen LogP contribution in [0.25, 0.3) is 0 Å². The number of thiazole rings is 1. The maximum absolute atomic E-state index is 11.4. The van der Waals surface area contributed by atoms with E-state index < -0.39 is 0 Å². The van der Waals surface area contributed by atoms with E-state index in [1.54, 1.807) is 0 Å². The molecule has 0 atom stereocenters. The van der Waals surface area contributed by atoms with E-state index in [4.69, 9.17) is 4.74 Å². The molecule has 1 fully saturated rings. The third-order valence-electron chi connectivity index (χ3n) is 2.35. The van der Waals surface area contributed by atoms with Crippen molar-refractivity contribution in [2.75, 3.05) is 0 Å². The van der Waals surface area contributed by atoms with Gasteiger partial charge in [-0.15, -0.1) is 0 Å². The zero-order chi connectivity index (χ0) is 11.1. The zero-order valence-electron chi connectivity index (χ0n) is 9.24. The van der Waals surface area contributed by atoms with Gasteiger partial charge in [-0.1, -0.05) is 32.1 Å². The van der Waals surface area contributed by atoms with Crippen molar-refractivity contribution in [3.63, 3.8) is 0 Å². The lowest BCUT2D eigenvalue weighted by molar-refractivity contribution is -0.135. The molecular formula is C11H15NO2S. The highest BCUT2D eigenvalue weighted by molar-refractivity contribution is 7.11. The average Bonchev–Trinajstić information content (AvgIpc) is 2.86. The lowest BCUT2D eigenvalue weighted by Crippen LogP contribution is -2.13. The second-order valence-corrected chi connectivity index (χ2v) is 5.76. The minimum Gasteiger partial charge on any atom is -0.398 e. The van der Waals surface area contributed by atoms with Crippen molar-refractivity contribution in [3.8, 4) is 5.19 Å². The van der Waals surface area contributed by atoms with Crippen molar-refractivity contribution >= 4 is 17.3 Å². The van der Waals surface area contributed by atoms with Gasteiger partial charge >= 0.3 is 5.97 Å². The second kappa shape index (κ2) is 3.59. The molecule has 2 rings (SSSR count). The Morgan fingerprint density at radius 2 is 2.20 bits per heavy atom. The van der Waals surface area contributed by atoms with E-state index in [9.17, 15) is 4.79 Å². The van der Waals surface area contributed by atoms with Crippen LogP contribution in [0, 0.1) is 5.92 Å². The number of ether oxygens (including phenoxy) is 1. The summed E-state index contributed by atoms with van der Waals surface area (Å²) in [5.74, 6) is 0.0109. The number of hydrogen-bond donors (Lipinski definition) is 0. The minimum atomic E-state index is -0.121. The van der Waals surface area contributed by atoms with Gasteiger partial charge in [-0.05, 0) is 12.8 Å². The van der Waals surface area contributed by atoms with Gasteiger partial charge in [0.1, 0.15) is 0 Å². The highest BCUT2D eigenvalue weighted by atomic mass is 32.1. The van der Waals surface area contributed by atoms with Gasteiger partial charge in [-0.25, -0.2) is 4.98 Å². The summed E-state index contributed by atoms with van der Waals surface area (Å²) in [6, 6.07) is 0. The number of hydrogen-bond acceptors (Lipinski definition) is 4. The Balaban J connectivity index is 2.03. The lowest BCUT2D eigenvalue weighted by Gasteiger charge is -2.13.